The fraction of sp³-hybridized carbons (Fsp3) is 0.167. The summed E-state index contributed by atoms with van der Waals surface area (Å²) in [6.45, 7) is 2.92. The van der Waals surface area contributed by atoms with Gasteiger partial charge in [-0.1, -0.05) is 36.4 Å². The molecule has 144 valence electrons. The third kappa shape index (κ3) is 3.52. The van der Waals surface area contributed by atoms with Gasteiger partial charge in [0.1, 0.15) is 11.4 Å². The normalized spacial score (nSPS) is 14.8. The van der Waals surface area contributed by atoms with E-state index in [1.165, 1.54) is 0 Å². The van der Waals surface area contributed by atoms with Crippen molar-refractivity contribution >= 4 is 39.5 Å². The first kappa shape index (κ1) is 17.6. The first-order valence-electron chi connectivity index (χ1n) is 9.71. The van der Waals surface area contributed by atoms with Gasteiger partial charge in [-0.3, -0.25) is 4.79 Å². The molecular weight excluding hydrogens is 364 g/mol. The molecule has 0 N–H and O–H groups in total. The van der Waals surface area contributed by atoms with Crippen LogP contribution in [0.2, 0.25) is 0 Å². The summed E-state index contributed by atoms with van der Waals surface area (Å²) in [5.41, 5.74) is 2.57. The maximum atomic E-state index is 12.7. The van der Waals surface area contributed by atoms with Crippen molar-refractivity contribution in [2.24, 2.45) is 0 Å². The number of pyridine rings is 1. The number of rotatable bonds is 4. The van der Waals surface area contributed by atoms with Gasteiger partial charge >= 0.3 is 0 Å². The fourth-order valence-corrected chi connectivity index (χ4v) is 3.62. The largest absolute Gasteiger partial charge is 0.453 e. The summed E-state index contributed by atoms with van der Waals surface area (Å²) in [7, 11) is 0. The van der Waals surface area contributed by atoms with Crippen molar-refractivity contribution in [3.63, 3.8) is 0 Å². The number of aromatic nitrogens is 1. The summed E-state index contributed by atoms with van der Waals surface area (Å²) < 4.78 is 11.2. The number of ketones is 1. The molecule has 0 aliphatic carbocycles. The topological polar surface area (TPSA) is 55.6 Å². The molecule has 0 atom stereocenters. The number of hydrogen-bond donors (Lipinski definition) is 0. The Kier molecular flexibility index (Phi) is 4.58. The van der Waals surface area contributed by atoms with Crippen LogP contribution in [0.5, 0.6) is 0 Å². The Morgan fingerprint density at radius 1 is 0.966 bits per heavy atom. The van der Waals surface area contributed by atoms with Crippen LogP contribution in [0, 0.1) is 0 Å². The van der Waals surface area contributed by atoms with Crippen molar-refractivity contribution < 1.29 is 13.9 Å². The molecule has 1 aliphatic rings. The lowest BCUT2D eigenvalue weighted by Crippen LogP contribution is -2.37. The van der Waals surface area contributed by atoms with Crippen molar-refractivity contribution in [2.45, 2.75) is 0 Å². The van der Waals surface area contributed by atoms with Crippen LogP contribution in [0.4, 0.5) is 5.82 Å². The number of hydrogen-bond acceptors (Lipinski definition) is 5. The number of furan rings is 1. The number of allylic oxidation sites excluding steroid dienone is 1. The molecule has 1 aliphatic heterocycles. The van der Waals surface area contributed by atoms with Gasteiger partial charge in [-0.15, -0.1) is 0 Å². The van der Waals surface area contributed by atoms with Crippen LogP contribution in [-0.4, -0.2) is 37.1 Å². The average molecular weight is 384 g/mol. The quantitative estimate of drug-likeness (QED) is 0.377. The zero-order chi connectivity index (χ0) is 19.6. The second-order valence-corrected chi connectivity index (χ2v) is 7.04. The zero-order valence-corrected chi connectivity index (χ0v) is 15.9. The van der Waals surface area contributed by atoms with Gasteiger partial charge in [0.25, 0.3) is 0 Å². The predicted molar refractivity (Wildman–Crippen MR) is 114 cm³/mol. The third-order valence-electron chi connectivity index (χ3n) is 5.13. The van der Waals surface area contributed by atoms with Crippen molar-refractivity contribution in [2.75, 3.05) is 31.2 Å². The minimum Gasteiger partial charge on any atom is -0.453 e. The Bertz CT molecular complexity index is 1190. The van der Waals surface area contributed by atoms with Gasteiger partial charge in [-0.25, -0.2) is 4.98 Å². The Morgan fingerprint density at radius 3 is 2.55 bits per heavy atom. The van der Waals surface area contributed by atoms with Gasteiger partial charge in [-0.05, 0) is 36.4 Å². The lowest BCUT2D eigenvalue weighted by molar-refractivity contribution is 0.102. The Hall–Kier alpha value is -3.44. The van der Waals surface area contributed by atoms with E-state index in [2.05, 4.69) is 11.0 Å². The fourth-order valence-electron chi connectivity index (χ4n) is 3.62. The highest BCUT2D eigenvalue weighted by Crippen LogP contribution is 2.26. The van der Waals surface area contributed by atoms with E-state index in [9.17, 15) is 4.79 Å². The van der Waals surface area contributed by atoms with E-state index in [4.69, 9.17) is 14.1 Å². The molecule has 29 heavy (non-hydrogen) atoms. The first-order chi connectivity index (χ1) is 14.3. The SMILES string of the molecule is O=C(/C=C/c1cc2ccccc2nc1N1CCOCC1)c1cc2ccccc2o1. The van der Waals surface area contributed by atoms with Crippen LogP contribution in [0.15, 0.2) is 71.2 Å². The van der Waals surface area contributed by atoms with Gasteiger partial charge in [0.05, 0.1) is 18.7 Å². The molecule has 0 amide bonds. The standard InChI is InChI=1S/C24H20N2O3/c27-21(23-16-18-6-2-4-8-22(18)29-23)10-9-19-15-17-5-1-3-7-20(17)25-24(19)26-11-13-28-14-12-26/h1-10,15-16H,11-14H2/b10-9+. The average Bonchev–Trinajstić information content (AvgIpc) is 3.22. The van der Waals surface area contributed by atoms with Crippen LogP contribution in [-0.2, 0) is 4.74 Å². The van der Waals surface area contributed by atoms with E-state index in [-0.39, 0.29) is 5.78 Å². The summed E-state index contributed by atoms with van der Waals surface area (Å²) in [4.78, 5) is 19.8. The highest BCUT2D eigenvalue weighted by Gasteiger charge is 2.17. The van der Waals surface area contributed by atoms with Gasteiger partial charge in [0.2, 0.25) is 5.78 Å². The van der Waals surface area contributed by atoms with Gasteiger partial charge in [0, 0.05) is 29.4 Å². The number of benzene rings is 2. The van der Waals surface area contributed by atoms with E-state index in [1.54, 1.807) is 12.1 Å². The second-order valence-electron chi connectivity index (χ2n) is 7.04. The molecule has 5 rings (SSSR count). The Morgan fingerprint density at radius 2 is 1.72 bits per heavy atom. The van der Waals surface area contributed by atoms with Crippen molar-refractivity contribution in [1.82, 2.24) is 4.98 Å². The number of fused-ring (bicyclic) bond motifs is 2. The third-order valence-corrected chi connectivity index (χ3v) is 5.13. The highest BCUT2D eigenvalue weighted by atomic mass is 16.5. The number of ether oxygens (including phenoxy) is 1. The first-order valence-corrected chi connectivity index (χ1v) is 9.71. The monoisotopic (exact) mass is 384 g/mol. The molecule has 1 saturated heterocycles. The minimum atomic E-state index is -0.165. The molecule has 0 spiro atoms. The molecule has 5 heteroatoms. The van der Waals surface area contributed by atoms with Crippen LogP contribution in [0.3, 0.4) is 0 Å². The second kappa shape index (κ2) is 7.53. The molecule has 0 saturated carbocycles. The molecule has 2 aromatic heterocycles. The van der Waals surface area contributed by atoms with Gasteiger partial charge in [0.15, 0.2) is 5.76 Å². The van der Waals surface area contributed by atoms with Crippen LogP contribution < -0.4 is 4.90 Å². The van der Waals surface area contributed by atoms with E-state index >= 15 is 0 Å². The van der Waals surface area contributed by atoms with E-state index < -0.39 is 0 Å². The molecule has 2 aromatic carbocycles. The summed E-state index contributed by atoms with van der Waals surface area (Å²) in [5, 5.41) is 1.96. The van der Waals surface area contributed by atoms with Crippen LogP contribution in [0.1, 0.15) is 16.1 Å². The molecular formula is C24H20N2O3. The smallest absolute Gasteiger partial charge is 0.221 e. The highest BCUT2D eigenvalue weighted by molar-refractivity contribution is 6.07. The van der Waals surface area contributed by atoms with Gasteiger partial charge in [-0.2, -0.15) is 0 Å². The van der Waals surface area contributed by atoms with Crippen molar-refractivity contribution in [3.05, 3.63) is 78.1 Å². The predicted octanol–water partition coefficient (Wildman–Crippen LogP) is 4.71. The molecule has 0 bridgehead atoms. The molecule has 5 nitrogen and oxygen atoms in total. The number of carbonyl (C=O) groups excluding carboxylic acids is 1. The van der Waals surface area contributed by atoms with Gasteiger partial charge < -0.3 is 14.1 Å². The molecule has 0 unspecified atom stereocenters. The number of carbonyl (C=O) groups is 1. The Labute approximate surface area is 168 Å². The van der Waals surface area contributed by atoms with Crippen LogP contribution in [0.25, 0.3) is 27.9 Å². The zero-order valence-electron chi connectivity index (χ0n) is 15.9. The lowest BCUT2D eigenvalue weighted by Gasteiger charge is -2.29. The molecule has 1 fully saturated rings. The maximum Gasteiger partial charge on any atom is 0.221 e. The number of morpholine rings is 1. The number of nitrogens with zero attached hydrogens (tertiary/aromatic N) is 2. The Balaban J connectivity index is 1.51. The van der Waals surface area contributed by atoms with E-state index in [1.807, 2.05) is 54.6 Å². The molecule has 3 heterocycles. The van der Waals surface area contributed by atoms with Crippen molar-refractivity contribution in [1.29, 1.82) is 0 Å². The van der Waals surface area contributed by atoms with Crippen LogP contribution >= 0.6 is 0 Å². The summed E-state index contributed by atoms with van der Waals surface area (Å²) in [6, 6.07) is 19.5. The molecule has 0 radical (unpaired) electrons. The molecule has 4 aromatic rings. The summed E-state index contributed by atoms with van der Waals surface area (Å²) in [5.74, 6) is 1.05. The number of para-hydroxylation sites is 2. The lowest BCUT2D eigenvalue weighted by atomic mass is 10.1. The van der Waals surface area contributed by atoms with E-state index in [0.717, 1.165) is 40.8 Å². The summed E-state index contributed by atoms with van der Waals surface area (Å²) in [6.07, 6.45) is 3.40. The maximum absolute atomic E-state index is 12.7. The van der Waals surface area contributed by atoms with E-state index in [0.29, 0.717) is 24.6 Å². The van der Waals surface area contributed by atoms with Crippen molar-refractivity contribution in [3.8, 4) is 0 Å². The number of anilines is 1. The summed E-state index contributed by atoms with van der Waals surface area (Å²) >= 11 is 0. The minimum absolute atomic E-state index is 0.165.